The summed E-state index contributed by atoms with van der Waals surface area (Å²) in [6.07, 6.45) is 6.12. The summed E-state index contributed by atoms with van der Waals surface area (Å²) in [5.41, 5.74) is 5.96. The molecule has 1 aromatic heterocycles. The van der Waals surface area contributed by atoms with Crippen molar-refractivity contribution in [2.24, 2.45) is 11.7 Å². The lowest BCUT2D eigenvalue weighted by Crippen LogP contribution is -2.43. The Morgan fingerprint density at radius 2 is 2.19 bits per heavy atom. The highest BCUT2D eigenvalue weighted by atomic mass is 127. The summed E-state index contributed by atoms with van der Waals surface area (Å²) in [6.45, 7) is 4.12. The first-order chi connectivity index (χ1) is 7.66. The molecule has 0 aromatic carbocycles. The molecule has 2 rings (SSSR count). The van der Waals surface area contributed by atoms with Crippen molar-refractivity contribution in [3.8, 4) is 0 Å². The van der Waals surface area contributed by atoms with Crippen molar-refractivity contribution in [1.82, 2.24) is 9.97 Å². The van der Waals surface area contributed by atoms with E-state index in [1.807, 2.05) is 12.4 Å². The Hall–Kier alpha value is -0.430. The molecule has 1 saturated heterocycles. The zero-order chi connectivity index (χ0) is 11.5. The minimum absolute atomic E-state index is 0.256. The van der Waals surface area contributed by atoms with Gasteiger partial charge in [-0.1, -0.05) is 0 Å². The van der Waals surface area contributed by atoms with Crippen LogP contribution < -0.4 is 10.6 Å². The number of halogens is 1. The van der Waals surface area contributed by atoms with Gasteiger partial charge in [0.05, 0.1) is 0 Å². The zero-order valence-electron chi connectivity index (χ0n) is 9.43. The summed E-state index contributed by atoms with van der Waals surface area (Å²) in [5.74, 6) is 1.40. The van der Waals surface area contributed by atoms with Gasteiger partial charge in [0.25, 0.3) is 0 Å². The highest BCUT2D eigenvalue weighted by Crippen LogP contribution is 2.21. The first kappa shape index (κ1) is 12.0. The number of piperidine rings is 1. The molecule has 16 heavy (non-hydrogen) atoms. The SMILES string of the molecule is CC(N)C1CCCN(c2ncc(I)cn2)C1. The van der Waals surface area contributed by atoms with Gasteiger partial charge in [0, 0.05) is 35.1 Å². The molecule has 1 aromatic rings. The molecule has 0 radical (unpaired) electrons. The second-order valence-corrected chi connectivity index (χ2v) is 5.65. The summed E-state index contributed by atoms with van der Waals surface area (Å²) in [5, 5.41) is 0. The van der Waals surface area contributed by atoms with Crippen molar-refractivity contribution in [3.05, 3.63) is 16.0 Å². The standard InChI is InChI=1S/C11H17IN4/c1-8(13)9-3-2-4-16(7-9)11-14-5-10(12)6-15-11/h5-6,8-9H,2-4,7,13H2,1H3. The van der Waals surface area contributed by atoms with E-state index >= 15 is 0 Å². The summed E-state index contributed by atoms with van der Waals surface area (Å²) in [6, 6.07) is 0.256. The van der Waals surface area contributed by atoms with Crippen LogP contribution in [0.15, 0.2) is 12.4 Å². The Bertz CT molecular complexity index is 338. The Kier molecular flexibility index (Phi) is 3.96. The Labute approximate surface area is 110 Å². The maximum atomic E-state index is 5.96. The molecule has 2 atom stereocenters. The van der Waals surface area contributed by atoms with Gasteiger partial charge in [-0.3, -0.25) is 0 Å². The molecule has 1 aliphatic heterocycles. The average molecular weight is 332 g/mol. The first-order valence-electron chi connectivity index (χ1n) is 5.65. The normalized spacial score (nSPS) is 23.2. The van der Waals surface area contributed by atoms with Crippen molar-refractivity contribution in [3.63, 3.8) is 0 Å². The average Bonchev–Trinajstić information content (AvgIpc) is 2.30. The second kappa shape index (κ2) is 5.27. The monoisotopic (exact) mass is 332 g/mol. The molecule has 2 unspecified atom stereocenters. The number of nitrogens with zero attached hydrogens (tertiary/aromatic N) is 3. The summed E-state index contributed by atoms with van der Waals surface area (Å²) >= 11 is 2.22. The van der Waals surface area contributed by atoms with E-state index in [0.717, 1.165) is 22.6 Å². The van der Waals surface area contributed by atoms with Crippen LogP contribution in [0, 0.1) is 9.49 Å². The van der Waals surface area contributed by atoms with Crippen LogP contribution in [-0.2, 0) is 0 Å². The number of aromatic nitrogens is 2. The molecular weight excluding hydrogens is 315 g/mol. The molecule has 0 amide bonds. The van der Waals surface area contributed by atoms with E-state index in [2.05, 4.69) is 44.4 Å². The molecule has 0 bridgehead atoms. The van der Waals surface area contributed by atoms with Crippen molar-refractivity contribution in [1.29, 1.82) is 0 Å². The van der Waals surface area contributed by atoms with Crippen LogP contribution in [0.3, 0.4) is 0 Å². The molecule has 5 heteroatoms. The van der Waals surface area contributed by atoms with Gasteiger partial charge in [0.1, 0.15) is 0 Å². The van der Waals surface area contributed by atoms with Crippen LogP contribution in [0.5, 0.6) is 0 Å². The van der Waals surface area contributed by atoms with Gasteiger partial charge in [-0.2, -0.15) is 0 Å². The second-order valence-electron chi connectivity index (χ2n) is 4.41. The van der Waals surface area contributed by atoms with Gasteiger partial charge >= 0.3 is 0 Å². The van der Waals surface area contributed by atoms with Crippen LogP contribution in [0.2, 0.25) is 0 Å². The highest BCUT2D eigenvalue weighted by molar-refractivity contribution is 14.1. The van der Waals surface area contributed by atoms with Crippen molar-refractivity contribution in [2.45, 2.75) is 25.8 Å². The van der Waals surface area contributed by atoms with Crippen LogP contribution in [0.1, 0.15) is 19.8 Å². The topological polar surface area (TPSA) is 55.0 Å². The van der Waals surface area contributed by atoms with E-state index in [9.17, 15) is 0 Å². The molecule has 2 heterocycles. The minimum atomic E-state index is 0.256. The van der Waals surface area contributed by atoms with E-state index in [1.165, 1.54) is 12.8 Å². The Morgan fingerprint density at radius 1 is 1.50 bits per heavy atom. The minimum Gasteiger partial charge on any atom is -0.340 e. The molecule has 88 valence electrons. The fraction of sp³-hybridized carbons (Fsp3) is 0.636. The van der Waals surface area contributed by atoms with Gasteiger partial charge in [-0.15, -0.1) is 0 Å². The predicted molar refractivity (Wildman–Crippen MR) is 73.3 cm³/mol. The highest BCUT2D eigenvalue weighted by Gasteiger charge is 2.23. The lowest BCUT2D eigenvalue weighted by Gasteiger charge is -2.34. The number of nitrogens with two attached hydrogens (primary N) is 1. The van der Waals surface area contributed by atoms with E-state index in [1.54, 1.807) is 0 Å². The summed E-state index contributed by atoms with van der Waals surface area (Å²) in [7, 11) is 0. The van der Waals surface area contributed by atoms with Crippen LogP contribution in [0.25, 0.3) is 0 Å². The summed E-state index contributed by atoms with van der Waals surface area (Å²) in [4.78, 5) is 11.0. The van der Waals surface area contributed by atoms with Crippen LogP contribution >= 0.6 is 22.6 Å². The lowest BCUT2D eigenvalue weighted by atomic mass is 9.92. The predicted octanol–water partition coefficient (Wildman–Crippen LogP) is 1.64. The van der Waals surface area contributed by atoms with Gasteiger partial charge in [0.15, 0.2) is 0 Å². The number of rotatable bonds is 2. The lowest BCUT2D eigenvalue weighted by molar-refractivity contribution is 0.362. The quantitative estimate of drug-likeness (QED) is 0.837. The van der Waals surface area contributed by atoms with E-state index in [4.69, 9.17) is 5.73 Å². The molecule has 0 spiro atoms. The van der Waals surface area contributed by atoms with E-state index in [-0.39, 0.29) is 6.04 Å². The van der Waals surface area contributed by atoms with Crippen molar-refractivity contribution < 1.29 is 0 Å². The third kappa shape index (κ3) is 2.82. The van der Waals surface area contributed by atoms with E-state index < -0.39 is 0 Å². The number of hydrogen-bond donors (Lipinski definition) is 1. The maximum Gasteiger partial charge on any atom is 0.225 e. The molecule has 4 nitrogen and oxygen atoms in total. The molecule has 2 N–H and O–H groups in total. The summed E-state index contributed by atoms with van der Waals surface area (Å²) < 4.78 is 1.07. The molecule has 1 fully saturated rings. The largest absolute Gasteiger partial charge is 0.340 e. The Morgan fingerprint density at radius 3 is 2.81 bits per heavy atom. The van der Waals surface area contributed by atoms with Gasteiger partial charge in [-0.05, 0) is 48.3 Å². The third-order valence-corrected chi connectivity index (χ3v) is 3.65. The van der Waals surface area contributed by atoms with Crippen LogP contribution in [0.4, 0.5) is 5.95 Å². The van der Waals surface area contributed by atoms with Gasteiger partial charge in [-0.25, -0.2) is 9.97 Å². The fourth-order valence-corrected chi connectivity index (χ4v) is 2.37. The van der Waals surface area contributed by atoms with Crippen molar-refractivity contribution >= 4 is 28.5 Å². The molecular formula is C11H17IN4. The smallest absolute Gasteiger partial charge is 0.225 e. The molecule has 1 aliphatic rings. The fourth-order valence-electron chi connectivity index (χ4n) is 2.09. The van der Waals surface area contributed by atoms with Crippen molar-refractivity contribution in [2.75, 3.05) is 18.0 Å². The first-order valence-corrected chi connectivity index (χ1v) is 6.73. The third-order valence-electron chi connectivity index (χ3n) is 3.09. The number of anilines is 1. The van der Waals surface area contributed by atoms with E-state index in [0.29, 0.717) is 5.92 Å². The van der Waals surface area contributed by atoms with Gasteiger partial charge < -0.3 is 10.6 Å². The Balaban J connectivity index is 2.06. The molecule has 0 aliphatic carbocycles. The number of hydrogen-bond acceptors (Lipinski definition) is 4. The zero-order valence-corrected chi connectivity index (χ0v) is 11.6. The van der Waals surface area contributed by atoms with Crippen LogP contribution in [-0.4, -0.2) is 29.1 Å². The molecule has 0 saturated carbocycles. The maximum absolute atomic E-state index is 5.96. The van der Waals surface area contributed by atoms with Gasteiger partial charge in [0.2, 0.25) is 5.95 Å².